The van der Waals surface area contributed by atoms with E-state index in [-0.39, 0.29) is 29.1 Å². The number of carbonyl (C=O) groups excluding carboxylic acids is 2. The minimum absolute atomic E-state index is 0.00530. The molecule has 2 rings (SSSR count). The third-order valence-electron chi connectivity index (χ3n) is 5.00. The lowest BCUT2D eigenvalue weighted by atomic mass is 9.95. The number of nitrogens with one attached hydrogen (secondary N) is 2. The number of carbonyl (C=O) groups is 2. The van der Waals surface area contributed by atoms with Crippen LogP contribution in [-0.2, 0) is 4.74 Å². The summed E-state index contributed by atoms with van der Waals surface area (Å²) in [6, 6.07) is -0.0348. The van der Waals surface area contributed by atoms with Gasteiger partial charge in [0.25, 0.3) is 11.8 Å². The molecule has 2 N–H and O–H groups in total. The van der Waals surface area contributed by atoms with Crippen molar-refractivity contribution in [3.05, 3.63) is 33.7 Å². The summed E-state index contributed by atoms with van der Waals surface area (Å²) in [5.74, 6) is -0.633. The zero-order valence-electron chi connectivity index (χ0n) is 17.4. The molecular weight excluding hydrogens is 358 g/mol. The minimum atomic E-state index is -0.532. The highest BCUT2D eigenvalue weighted by Gasteiger charge is 2.23. The van der Waals surface area contributed by atoms with Crippen molar-refractivity contribution in [1.29, 1.82) is 0 Å². The summed E-state index contributed by atoms with van der Waals surface area (Å²) < 4.78 is 6.93. The average molecular weight is 392 g/mol. The van der Waals surface area contributed by atoms with Crippen LogP contribution in [0.5, 0.6) is 0 Å². The molecule has 0 saturated heterocycles. The largest absolute Gasteiger partial charge is 0.383 e. The third kappa shape index (κ3) is 5.92. The summed E-state index contributed by atoms with van der Waals surface area (Å²) in [6.07, 6.45) is 8.60. The van der Waals surface area contributed by atoms with Gasteiger partial charge in [0.2, 0.25) is 5.43 Å². The Morgan fingerprint density at radius 3 is 2.29 bits per heavy atom. The quantitative estimate of drug-likeness (QED) is 0.712. The summed E-state index contributed by atoms with van der Waals surface area (Å²) in [4.78, 5) is 38.2. The van der Waals surface area contributed by atoms with Gasteiger partial charge in [-0.2, -0.15) is 0 Å². The maximum absolute atomic E-state index is 12.9. The molecule has 28 heavy (non-hydrogen) atoms. The van der Waals surface area contributed by atoms with Gasteiger partial charge < -0.3 is 19.9 Å². The maximum Gasteiger partial charge on any atom is 0.257 e. The summed E-state index contributed by atoms with van der Waals surface area (Å²) in [6.45, 7) is 6.60. The fraction of sp³-hybridized carbons (Fsp3) is 0.667. The van der Waals surface area contributed by atoms with Crippen molar-refractivity contribution >= 4 is 11.8 Å². The molecule has 1 aromatic rings. The van der Waals surface area contributed by atoms with Crippen LogP contribution in [0.3, 0.4) is 0 Å². The highest BCUT2D eigenvalue weighted by molar-refractivity contribution is 5.99. The summed E-state index contributed by atoms with van der Waals surface area (Å²) >= 11 is 0. The van der Waals surface area contributed by atoms with Gasteiger partial charge in [0.05, 0.1) is 6.61 Å². The SMILES string of the molecule is COCC(C)NC(=O)c1cn(C2CCCCC2)cc(C(=O)NCC(C)C)c1=O. The molecule has 1 aliphatic carbocycles. The molecule has 1 saturated carbocycles. The van der Waals surface area contributed by atoms with Gasteiger partial charge in [0.15, 0.2) is 0 Å². The molecule has 1 unspecified atom stereocenters. The lowest BCUT2D eigenvalue weighted by Gasteiger charge is -2.26. The second-order valence-corrected chi connectivity index (χ2v) is 8.09. The van der Waals surface area contributed by atoms with Crippen molar-refractivity contribution in [1.82, 2.24) is 15.2 Å². The van der Waals surface area contributed by atoms with Gasteiger partial charge in [-0.05, 0) is 25.7 Å². The number of rotatable bonds is 8. The van der Waals surface area contributed by atoms with Crippen LogP contribution in [0.15, 0.2) is 17.2 Å². The topological polar surface area (TPSA) is 89.4 Å². The molecule has 0 bridgehead atoms. The lowest BCUT2D eigenvalue weighted by molar-refractivity contribution is 0.0903. The molecular formula is C21H33N3O4. The fourth-order valence-corrected chi connectivity index (χ4v) is 3.50. The van der Waals surface area contributed by atoms with E-state index >= 15 is 0 Å². The van der Waals surface area contributed by atoms with E-state index in [4.69, 9.17) is 4.74 Å². The number of methoxy groups -OCH3 is 1. The summed E-state index contributed by atoms with van der Waals surface area (Å²) in [7, 11) is 1.55. The van der Waals surface area contributed by atoms with Gasteiger partial charge in [-0.15, -0.1) is 0 Å². The molecule has 0 radical (unpaired) electrons. The Hall–Kier alpha value is -2.15. The van der Waals surface area contributed by atoms with Gasteiger partial charge >= 0.3 is 0 Å². The molecule has 7 nitrogen and oxygen atoms in total. The molecule has 0 aromatic carbocycles. The number of amides is 2. The molecule has 156 valence electrons. The van der Waals surface area contributed by atoms with E-state index in [0.717, 1.165) is 25.7 Å². The molecule has 1 atom stereocenters. The smallest absolute Gasteiger partial charge is 0.257 e. The second kappa shape index (κ2) is 10.4. The van der Waals surface area contributed by atoms with Crippen LogP contribution in [0.2, 0.25) is 0 Å². The first kappa shape index (κ1) is 22.1. The van der Waals surface area contributed by atoms with Crippen molar-refractivity contribution in [2.24, 2.45) is 5.92 Å². The molecule has 1 heterocycles. The molecule has 0 aliphatic heterocycles. The third-order valence-corrected chi connectivity index (χ3v) is 5.00. The number of nitrogens with zero attached hydrogens (tertiary/aromatic N) is 1. The Balaban J connectivity index is 2.38. The molecule has 0 spiro atoms. The van der Waals surface area contributed by atoms with Crippen LogP contribution < -0.4 is 16.1 Å². The van der Waals surface area contributed by atoms with Gasteiger partial charge in [-0.25, -0.2) is 0 Å². The van der Waals surface area contributed by atoms with Crippen molar-refractivity contribution in [3.8, 4) is 0 Å². The predicted molar refractivity (Wildman–Crippen MR) is 109 cm³/mol. The molecule has 1 fully saturated rings. The first-order valence-corrected chi connectivity index (χ1v) is 10.2. The Morgan fingerprint density at radius 1 is 1.11 bits per heavy atom. The summed E-state index contributed by atoms with van der Waals surface area (Å²) in [5.41, 5.74) is -0.501. The van der Waals surface area contributed by atoms with Gasteiger partial charge in [-0.1, -0.05) is 33.1 Å². The van der Waals surface area contributed by atoms with Crippen LogP contribution in [0.4, 0.5) is 0 Å². The molecule has 1 aliphatic rings. The molecule has 7 heteroatoms. The number of pyridine rings is 1. The van der Waals surface area contributed by atoms with Gasteiger partial charge in [0, 0.05) is 38.1 Å². The molecule has 2 amide bonds. The van der Waals surface area contributed by atoms with E-state index in [1.165, 1.54) is 6.42 Å². The van der Waals surface area contributed by atoms with Crippen LogP contribution in [0.1, 0.15) is 79.6 Å². The number of aromatic nitrogens is 1. The minimum Gasteiger partial charge on any atom is -0.383 e. The van der Waals surface area contributed by atoms with E-state index in [1.807, 2.05) is 18.4 Å². The summed E-state index contributed by atoms with van der Waals surface area (Å²) in [5, 5.41) is 5.57. The lowest BCUT2D eigenvalue weighted by Crippen LogP contribution is -2.40. The van der Waals surface area contributed by atoms with Crippen molar-refractivity contribution in [2.75, 3.05) is 20.3 Å². The zero-order valence-corrected chi connectivity index (χ0v) is 17.4. The average Bonchev–Trinajstić information content (AvgIpc) is 2.67. The predicted octanol–water partition coefficient (Wildman–Crippen LogP) is 2.50. The zero-order chi connectivity index (χ0) is 20.7. The Morgan fingerprint density at radius 2 is 1.71 bits per heavy atom. The molecule has 1 aromatic heterocycles. The first-order chi connectivity index (χ1) is 13.3. The van der Waals surface area contributed by atoms with Crippen LogP contribution >= 0.6 is 0 Å². The van der Waals surface area contributed by atoms with E-state index in [9.17, 15) is 14.4 Å². The fourth-order valence-electron chi connectivity index (χ4n) is 3.50. The van der Waals surface area contributed by atoms with Crippen LogP contribution in [-0.4, -0.2) is 42.7 Å². The number of hydrogen-bond donors (Lipinski definition) is 2. The standard InChI is InChI=1S/C21H33N3O4/c1-14(2)10-22-20(26)17-11-24(16-8-6-5-7-9-16)12-18(19(17)25)21(27)23-15(3)13-28-4/h11-12,14-16H,5-10,13H2,1-4H3,(H,22,26)(H,23,27). The van der Waals surface area contributed by atoms with E-state index in [2.05, 4.69) is 10.6 Å². The van der Waals surface area contributed by atoms with Crippen molar-refractivity contribution < 1.29 is 14.3 Å². The number of hydrogen-bond acceptors (Lipinski definition) is 4. The Kier molecular flexibility index (Phi) is 8.23. The highest BCUT2D eigenvalue weighted by atomic mass is 16.5. The maximum atomic E-state index is 12.9. The van der Waals surface area contributed by atoms with E-state index in [0.29, 0.717) is 13.2 Å². The monoisotopic (exact) mass is 391 g/mol. The number of ether oxygens (including phenoxy) is 1. The normalized spacial score (nSPS) is 16.0. The van der Waals surface area contributed by atoms with E-state index in [1.54, 1.807) is 26.4 Å². The first-order valence-electron chi connectivity index (χ1n) is 10.2. The highest BCUT2D eigenvalue weighted by Crippen LogP contribution is 2.28. The van der Waals surface area contributed by atoms with Crippen LogP contribution in [0, 0.1) is 5.92 Å². The Labute approximate surface area is 166 Å². The van der Waals surface area contributed by atoms with Crippen molar-refractivity contribution in [2.45, 2.75) is 65.0 Å². The van der Waals surface area contributed by atoms with Crippen LogP contribution in [0.25, 0.3) is 0 Å². The van der Waals surface area contributed by atoms with Crippen molar-refractivity contribution in [3.63, 3.8) is 0 Å². The van der Waals surface area contributed by atoms with E-state index < -0.39 is 17.2 Å². The van der Waals surface area contributed by atoms with Gasteiger partial charge in [-0.3, -0.25) is 14.4 Å². The Bertz CT molecular complexity index is 736. The van der Waals surface area contributed by atoms with Gasteiger partial charge in [0.1, 0.15) is 11.1 Å². The second-order valence-electron chi connectivity index (χ2n) is 8.09.